The van der Waals surface area contributed by atoms with Crippen LogP contribution in [0.5, 0.6) is 0 Å². The first kappa shape index (κ1) is 17.1. The van der Waals surface area contributed by atoms with Crippen molar-refractivity contribution in [2.75, 3.05) is 19.7 Å². The van der Waals surface area contributed by atoms with Crippen molar-refractivity contribution in [1.82, 2.24) is 5.32 Å². The van der Waals surface area contributed by atoms with Crippen LogP contribution in [0.25, 0.3) is 0 Å². The molecule has 1 N–H and O–H groups in total. The van der Waals surface area contributed by atoms with E-state index in [1.165, 1.54) is 5.56 Å². The van der Waals surface area contributed by atoms with Crippen molar-refractivity contribution in [2.24, 2.45) is 5.92 Å². The number of rotatable bonds is 9. The van der Waals surface area contributed by atoms with Crippen molar-refractivity contribution in [2.45, 2.75) is 39.7 Å². The van der Waals surface area contributed by atoms with E-state index in [1.807, 2.05) is 24.3 Å². The van der Waals surface area contributed by atoms with E-state index in [-0.39, 0.29) is 6.61 Å². The van der Waals surface area contributed by atoms with Crippen LogP contribution in [0.4, 0.5) is 8.78 Å². The van der Waals surface area contributed by atoms with Gasteiger partial charge in [0.05, 0.1) is 6.61 Å². The van der Waals surface area contributed by atoms with Gasteiger partial charge in [-0.1, -0.05) is 45.0 Å². The third-order valence-electron chi connectivity index (χ3n) is 3.06. The fourth-order valence-corrected chi connectivity index (χ4v) is 1.91. The van der Waals surface area contributed by atoms with Gasteiger partial charge in [-0.2, -0.15) is 0 Å². The van der Waals surface area contributed by atoms with E-state index >= 15 is 0 Å². The standard InChI is InChI=1S/C16H25F2NO/c1-12(2)8-19-9-13(3)15-6-4-14(5-7-15)10-20-11-16(17)18/h4-7,12-13,16,19H,8-11H2,1-3H3. The van der Waals surface area contributed by atoms with Gasteiger partial charge >= 0.3 is 0 Å². The Morgan fingerprint density at radius 2 is 1.70 bits per heavy atom. The summed E-state index contributed by atoms with van der Waals surface area (Å²) < 4.78 is 28.8. The molecule has 0 saturated heterocycles. The average molecular weight is 285 g/mol. The monoisotopic (exact) mass is 285 g/mol. The summed E-state index contributed by atoms with van der Waals surface area (Å²) in [7, 11) is 0. The van der Waals surface area contributed by atoms with Crippen molar-refractivity contribution in [1.29, 1.82) is 0 Å². The summed E-state index contributed by atoms with van der Waals surface area (Å²) in [4.78, 5) is 0. The number of hydrogen-bond acceptors (Lipinski definition) is 2. The van der Waals surface area contributed by atoms with E-state index in [0.29, 0.717) is 11.8 Å². The molecule has 1 atom stereocenters. The Kier molecular flexibility index (Phi) is 7.70. The van der Waals surface area contributed by atoms with Gasteiger partial charge in [-0.3, -0.25) is 0 Å². The topological polar surface area (TPSA) is 21.3 Å². The van der Waals surface area contributed by atoms with Crippen LogP contribution in [0.15, 0.2) is 24.3 Å². The number of benzene rings is 1. The van der Waals surface area contributed by atoms with Gasteiger partial charge in [0.15, 0.2) is 0 Å². The Labute approximate surface area is 120 Å². The van der Waals surface area contributed by atoms with E-state index in [9.17, 15) is 8.78 Å². The lowest BCUT2D eigenvalue weighted by atomic mass is 10.00. The molecule has 0 aromatic heterocycles. The van der Waals surface area contributed by atoms with Gasteiger partial charge in [-0.05, 0) is 29.5 Å². The minimum atomic E-state index is -2.40. The molecule has 1 aromatic carbocycles. The Bertz CT molecular complexity index is 365. The van der Waals surface area contributed by atoms with E-state index in [2.05, 4.69) is 26.1 Å². The molecule has 0 spiro atoms. The van der Waals surface area contributed by atoms with Crippen LogP contribution >= 0.6 is 0 Å². The van der Waals surface area contributed by atoms with Crippen LogP contribution in [-0.2, 0) is 11.3 Å². The third kappa shape index (κ3) is 6.96. The molecular formula is C16H25F2NO. The molecule has 4 heteroatoms. The van der Waals surface area contributed by atoms with Crippen molar-refractivity contribution >= 4 is 0 Å². The van der Waals surface area contributed by atoms with Gasteiger partial charge in [-0.15, -0.1) is 0 Å². The summed E-state index contributed by atoms with van der Waals surface area (Å²) in [5.74, 6) is 1.08. The molecule has 114 valence electrons. The fraction of sp³-hybridized carbons (Fsp3) is 0.625. The molecule has 1 aromatic rings. The van der Waals surface area contributed by atoms with E-state index in [4.69, 9.17) is 4.74 Å². The highest BCUT2D eigenvalue weighted by atomic mass is 19.3. The van der Waals surface area contributed by atoms with Crippen LogP contribution < -0.4 is 5.32 Å². The average Bonchev–Trinajstić information content (AvgIpc) is 2.38. The van der Waals surface area contributed by atoms with Crippen LogP contribution in [0, 0.1) is 5.92 Å². The number of nitrogens with one attached hydrogen (secondary N) is 1. The Morgan fingerprint density at radius 3 is 2.25 bits per heavy atom. The maximum atomic E-state index is 12.0. The lowest BCUT2D eigenvalue weighted by Crippen LogP contribution is -2.24. The number of ether oxygens (including phenoxy) is 1. The van der Waals surface area contributed by atoms with E-state index in [0.717, 1.165) is 18.7 Å². The Balaban J connectivity index is 2.37. The first-order valence-electron chi connectivity index (χ1n) is 7.14. The molecular weight excluding hydrogens is 260 g/mol. The molecule has 1 unspecified atom stereocenters. The Hall–Kier alpha value is -1.00. The summed E-state index contributed by atoms with van der Waals surface area (Å²) in [6, 6.07) is 7.98. The van der Waals surface area contributed by atoms with E-state index in [1.54, 1.807) is 0 Å². The molecule has 0 fully saturated rings. The first-order valence-corrected chi connectivity index (χ1v) is 7.14. The van der Waals surface area contributed by atoms with Crippen molar-refractivity contribution in [3.63, 3.8) is 0 Å². The van der Waals surface area contributed by atoms with Gasteiger partial charge in [0.1, 0.15) is 6.61 Å². The lowest BCUT2D eigenvalue weighted by molar-refractivity contribution is 0.00987. The quantitative estimate of drug-likeness (QED) is 0.745. The third-order valence-corrected chi connectivity index (χ3v) is 3.06. The molecule has 2 nitrogen and oxygen atoms in total. The summed E-state index contributed by atoms with van der Waals surface area (Å²) in [6.45, 7) is 8.25. The minimum Gasteiger partial charge on any atom is -0.371 e. The SMILES string of the molecule is CC(C)CNCC(C)c1ccc(COCC(F)F)cc1. The highest BCUT2D eigenvalue weighted by Gasteiger charge is 2.06. The molecule has 0 radical (unpaired) electrons. The zero-order chi connectivity index (χ0) is 15.0. The summed E-state index contributed by atoms with van der Waals surface area (Å²) >= 11 is 0. The maximum absolute atomic E-state index is 12.0. The van der Waals surface area contributed by atoms with Crippen molar-refractivity contribution in [3.8, 4) is 0 Å². The molecule has 0 bridgehead atoms. The van der Waals surface area contributed by atoms with Crippen LogP contribution in [0.1, 0.15) is 37.8 Å². The Morgan fingerprint density at radius 1 is 1.05 bits per heavy atom. The molecule has 20 heavy (non-hydrogen) atoms. The van der Waals surface area contributed by atoms with Crippen molar-refractivity contribution in [3.05, 3.63) is 35.4 Å². The highest BCUT2D eigenvalue weighted by molar-refractivity contribution is 5.24. The lowest BCUT2D eigenvalue weighted by Gasteiger charge is -2.15. The molecule has 0 aliphatic heterocycles. The summed E-state index contributed by atoms with van der Waals surface area (Å²) in [6.07, 6.45) is -2.40. The van der Waals surface area contributed by atoms with Crippen molar-refractivity contribution < 1.29 is 13.5 Å². The maximum Gasteiger partial charge on any atom is 0.261 e. The first-order chi connectivity index (χ1) is 9.49. The second-order valence-corrected chi connectivity index (χ2v) is 5.60. The normalized spacial score (nSPS) is 13.2. The second kappa shape index (κ2) is 9.03. The zero-order valence-corrected chi connectivity index (χ0v) is 12.5. The number of hydrogen-bond donors (Lipinski definition) is 1. The van der Waals surface area contributed by atoms with Gasteiger partial charge in [-0.25, -0.2) is 8.78 Å². The number of halogens is 2. The largest absolute Gasteiger partial charge is 0.371 e. The smallest absolute Gasteiger partial charge is 0.261 e. The fourth-order valence-electron chi connectivity index (χ4n) is 1.91. The molecule has 1 rings (SSSR count). The van der Waals surface area contributed by atoms with Crippen LogP contribution in [0.2, 0.25) is 0 Å². The molecule has 0 saturated carbocycles. The van der Waals surface area contributed by atoms with E-state index < -0.39 is 13.0 Å². The molecule has 0 aliphatic carbocycles. The second-order valence-electron chi connectivity index (χ2n) is 5.60. The van der Waals surface area contributed by atoms with Gasteiger partial charge in [0, 0.05) is 6.54 Å². The number of alkyl halides is 2. The predicted octanol–water partition coefficient (Wildman–Crippen LogP) is 3.82. The minimum absolute atomic E-state index is 0.241. The van der Waals surface area contributed by atoms with Crippen LogP contribution in [0.3, 0.4) is 0 Å². The van der Waals surface area contributed by atoms with Gasteiger partial charge in [0.2, 0.25) is 0 Å². The zero-order valence-electron chi connectivity index (χ0n) is 12.5. The van der Waals surface area contributed by atoms with Gasteiger partial charge in [0.25, 0.3) is 6.43 Å². The van der Waals surface area contributed by atoms with Gasteiger partial charge < -0.3 is 10.1 Å². The summed E-state index contributed by atoms with van der Waals surface area (Å²) in [5.41, 5.74) is 2.18. The molecule has 0 aliphatic rings. The predicted molar refractivity (Wildman–Crippen MR) is 78.2 cm³/mol. The highest BCUT2D eigenvalue weighted by Crippen LogP contribution is 2.15. The molecule has 0 amide bonds. The molecule has 0 heterocycles. The van der Waals surface area contributed by atoms with Crippen LogP contribution in [-0.4, -0.2) is 26.1 Å². The summed E-state index contributed by atoms with van der Waals surface area (Å²) in [5, 5.41) is 3.44.